The zero-order valence-electron chi connectivity index (χ0n) is 21.3. The first-order valence-corrected chi connectivity index (χ1v) is 14.2. The molecule has 2 heterocycles. The lowest BCUT2D eigenvalue weighted by Gasteiger charge is -2.32. The van der Waals surface area contributed by atoms with Gasteiger partial charge in [0.15, 0.2) is 20.9 Å². The highest BCUT2D eigenvalue weighted by Crippen LogP contribution is 2.26. The van der Waals surface area contributed by atoms with Gasteiger partial charge < -0.3 is 15.2 Å². The molecule has 2 unspecified atom stereocenters. The first kappa shape index (κ1) is 28.7. The number of hydroxylamine groups is 1. The summed E-state index contributed by atoms with van der Waals surface area (Å²) in [6.45, 7) is 3.89. The minimum Gasteiger partial charge on any atom is -0.465 e. The van der Waals surface area contributed by atoms with Crippen LogP contribution in [0.4, 0.5) is 4.79 Å². The van der Waals surface area contributed by atoms with Crippen molar-refractivity contribution in [2.45, 2.75) is 50.1 Å². The average Bonchev–Trinajstić information content (AvgIpc) is 2.89. The second-order valence-corrected chi connectivity index (χ2v) is 11.9. The number of rotatable bonds is 9. The van der Waals surface area contributed by atoms with Crippen molar-refractivity contribution >= 4 is 27.4 Å². The molecular weight excluding hydrogens is 498 g/mol. The molecule has 0 saturated carbocycles. The number of amides is 2. The van der Waals surface area contributed by atoms with Gasteiger partial charge in [-0.25, -0.2) is 23.5 Å². The molecule has 2 atom stereocenters. The van der Waals surface area contributed by atoms with Gasteiger partial charge in [0, 0.05) is 44.5 Å². The molecule has 0 aromatic heterocycles. The van der Waals surface area contributed by atoms with Gasteiger partial charge in [-0.3, -0.25) is 9.69 Å². The summed E-state index contributed by atoms with van der Waals surface area (Å²) in [7, 11) is -3.71. The van der Waals surface area contributed by atoms with Gasteiger partial charge in [-0.05, 0) is 55.9 Å². The number of hydrogen-bond acceptors (Lipinski definition) is 7. The van der Waals surface area contributed by atoms with E-state index in [0.29, 0.717) is 26.1 Å². The molecule has 11 heteroatoms. The van der Waals surface area contributed by atoms with Crippen molar-refractivity contribution in [3.63, 3.8) is 0 Å². The molecule has 1 aromatic carbocycles. The molecule has 2 amide bonds. The molecule has 0 radical (unpaired) electrons. The maximum atomic E-state index is 12.9. The fourth-order valence-electron chi connectivity index (χ4n) is 4.08. The fourth-order valence-corrected chi connectivity index (χ4v) is 4.92. The van der Waals surface area contributed by atoms with Gasteiger partial charge in [0.05, 0.1) is 6.54 Å². The van der Waals surface area contributed by atoms with Gasteiger partial charge in [0.2, 0.25) is 0 Å². The summed E-state index contributed by atoms with van der Waals surface area (Å²) in [6.07, 6.45) is 4.98. The van der Waals surface area contributed by atoms with Crippen molar-refractivity contribution in [3.8, 4) is 11.8 Å². The summed E-state index contributed by atoms with van der Waals surface area (Å²) in [5.74, 6) is 4.99. The molecule has 202 valence electrons. The zero-order valence-corrected chi connectivity index (χ0v) is 22.1. The van der Waals surface area contributed by atoms with Gasteiger partial charge in [-0.15, -0.1) is 0 Å². The lowest BCUT2D eigenvalue weighted by Crippen LogP contribution is -2.52. The molecular formula is C26H35N3O7S. The number of hydrogen-bond donors (Lipinski definition) is 3. The quantitative estimate of drug-likeness (QED) is 0.325. The predicted octanol–water partition coefficient (Wildman–Crippen LogP) is 2.16. The molecule has 1 aromatic rings. The summed E-state index contributed by atoms with van der Waals surface area (Å²) in [6, 6.07) is 7.76. The number of nitrogens with one attached hydrogen (secondary N) is 2. The Balaban J connectivity index is 1.53. The largest absolute Gasteiger partial charge is 0.465 e. The van der Waals surface area contributed by atoms with Gasteiger partial charge in [0.25, 0.3) is 5.91 Å². The van der Waals surface area contributed by atoms with Crippen molar-refractivity contribution in [3.05, 3.63) is 41.5 Å². The summed E-state index contributed by atoms with van der Waals surface area (Å²) >= 11 is 0. The Morgan fingerprint density at radius 2 is 2.03 bits per heavy atom. The Labute approximate surface area is 218 Å². The average molecular weight is 534 g/mol. The van der Waals surface area contributed by atoms with E-state index in [0.717, 1.165) is 43.2 Å². The highest BCUT2D eigenvalue weighted by molar-refractivity contribution is 7.92. The fraction of sp³-hybridized carbons (Fsp3) is 0.538. The second kappa shape index (κ2) is 13.1. The summed E-state index contributed by atoms with van der Waals surface area (Å²) in [4.78, 5) is 30.8. The normalized spacial score (nSPS) is 20.1. The Bertz CT molecular complexity index is 1150. The first-order valence-electron chi connectivity index (χ1n) is 12.3. The zero-order chi connectivity index (χ0) is 26.9. The van der Waals surface area contributed by atoms with E-state index in [1.165, 1.54) is 12.5 Å². The Hall–Kier alpha value is -2.91. The number of carbonyl (C=O) groups excluding carboxylic acids is 1. The van der Waals surface area contributed by atoms with E-state index >= 15 is 0 Å². The van der Waals surface area contributed by atoms with E-state index in [1.807, 2.05) is 24.3 Å². The molecule has 3 N–H and O–H groups in total. The van der Waals surface area contributed by atoms with Crippen molar-refractivity contribution in [2.24, 2.45) is 0 Å². The van der Waals surface area contributed by atoms with Gasteiger partial charge in [-0.1, -0.05) is 30.0 Å². The van der Waals surface area contributed by atoms with Crippen LogP contribution in [0, 0.1) is 11.8 Å². The van der Waals surface area contributed by atoms with Crippen molar-refractivity contribution < 1.29 is 32.7 Å². The molecule has 2 aliphatic heterocycles. The molecule has 1 fully saturated rings. The smallest absolute Gasteiger partial charge is 0.405 e. The van der Waals surface area contributed by atoms with E-state index in [2.05, 4.69) is 33.6 Å². The van der Waals surface area contributed by atoms with E-state index in [4.69, 9.17) is 14.7 Å². The van der Waals surface area contributed by atoms with Crippen molar-refractivity contribution in [1.82, 2.24) is 15.7 Å². The van der Waals surface area contributed by atoms with Crippen LogP contribution in [0.2, 0.25) is 0 Å². The second-order valence-electron chi connectivity index (χ2n) is 9.42. The number of nitrogens with zero attached hydrogens (tertiary/aromatic N) is 1. The summed E-state index contributed by atoms with van der Waals surface area (Å²) < 4.78 is 29.0. The summed E-state index contributed by atoms with van der Waals surface area (Å²) in [5, 5.41) is 10.8. The number of sulfone groups is 1. The predicted molar refractivity (Wildman–Crippen MR) is 139 cm³/mol. The van der Waals surface area contributed by atoms with Crippen LogP contribution in [-0.2, 0) is 24.2 Å². The molecule has 0 spiro atoms. The van der Waals surface area contributed by atoms with Crippen molar-refractivity contribution in [1.29, 1.82) is 0 Å². The van der Waals surface area contributed by atoms with E-state index in [-0.39, 0.29) is 13.0 Å². The monoisotopic (exact) mass is 533 g/mol. The molecule has 0 bridgehead atoms. The number of carboxylic acid groups (broad SMARTS) is 1. The van der Waals surface area contributed by atoms with Crippen LogP contribution in [0.15, 0.2) is 30.3 Å². The van der Waals surface area contributed by atoms with Crippen LogP contribution in [-0.4, -0.2) is 80.5 Å². The van der Waals surface area contributed by atoms with Gasteiger partial charge in [0.1, 0.15) is 0 Å². The minimum atomic E-state index is -3.71. The number of carbonyl (C=O) groups is 2. The molecule has 2 aliphatic rings. The van der Waals surface area contributed by atoms with E-state index in [9.17, 15) is 18.0 Å². The highest BCUT2D eigenvalue weighted by atomic mass is 32.2. The molecule has 1 saturated heterocycles. The first-order chi connectivity index (χ1) is 17.6. The van der Waals surface area contributed by atoms with Crippen LogP contribution in [0.3, 0.4) is 0 Å². The standard InChI is InChI=1S/C26H35N3O7S/c1-26(37(2,33)34,24(30)28-36-23-7-3-4-19-35-23)14-18-29-16-12-22(13-17-29)21-10-8-20(9-11-21)6-5-15-27-25(31)32/h8-12,23,27H,3-4,7,13-19H2,1-2H3,(H,28,30)(H,31,32). The van der Waals surface area contributed by atoms with Crippen LogP contribution in [0.25, 0.3) is 5.57 Å². The third kappa shape index (κ3) is 8.30. The highest BCUT2D eigenvalue weighted by Gasteiger charge is 2.44. The topological polar surface area (TPSA) is 134 Å². The number of ether oxygens (including phenoxy) is 1. The lowest BCUT2D eigenvalue weighted by molar-refractivity contribution is -0.201. The Kier molecular flexibility index (Phi) is 10.1. The van der Waals surface area contributed by atoms with Crippen LogP contribution in [0.5, 0.6) is 0 Å². The summed E-state index contributed by atoms with van der Waals surface area (Å²) in [5.41, 5.74) is 5.39. The van der Waals surface area contributed by atoms with Crippen LogP contribution < -0.4 is 10.8 Å². The molecule has 0 aliphatic carbocycles. The third-order valence-corrected chi connectivity index (χ3v) is 8.76. The Morgan fingerprint density at radius 3 is 2.62 bits per heavy atom. The van der Waals surface area contributed by atoms with Gasteiger partial charge >= 0.3 is 6.09 Å². The lowest BCUT2D eigenvalue weighted by atomic mass is 9.98. The van der Waals surface area contributed by atoms with Crippen molar-refractivity contribution in [2.75, 3.05) is 39.0 Å². The van der Waals surface area contributed by atoms with E-state index in [1.54, 1.807) is 0 Å². The molecule has 37 heavy (non-hydrogen) atoms. The molecule has 3 rings (SSSR count). The maximum absolute atomic E-state index is 12.9. The van der Waals surface area contributed by atoms with Crippen LogP contribution in [0.1, 0.15) is 50.2 Å². The van der Waals surface area contributed by atoms with Gasteiger partial charge in [-0.2, -0.15) is 0 Å². The molecule has 10 nitrogen and oxygen atoms in total. The Morgan fingerprint density at radius 1 is 1.27 bits per heavy atom. The number of benzene rings is 1. The van der Waals surface area contributed by atoms with E-state index < -0.39 is 32.9 Å². The van der Waals surface area contributed by atoms with Crippen LogP contribution >= 0.6 is 0 Å². The third-order valence-electron chi connectivity index (χ3n) is 6.73. The minimum absolute atomic E-state index is 0.0695. The SMILES string of the molecule is CC(CCN1CC=C(c2ccc(C#CCNC(=O)O)cc2)CC1)(C(=O)NOC1CCCCO1)S(C)(=O)=O. The maximum Gasteiger partial charge on any atom is 0.405 e.